The number of ketones is 1. The Morgan fingerprint density at radius 3 is 2.50 bits per heavy atom. The van der Waals surface area contributed by atoms with Gasteiger partial charge in [-0.3, -0.25) is 4.79 Å². The second-order valence-corrected chi connectivity index (χ2v) is 5.48. The Bertz CT molecular complexity index is 735. The number of hydrogen-bond donors (Lipinski definition) is 1. The van der Waals surface area contributed by atoms with Gasteiger partial charge < -0.3 is 14.6 Å². The standard InChI is InChI=1S/C18H18O4/c1-10-16(20)15-13(19)9-14(12-7-5-4-6-8-12)22-18(15)11(2)17(10)21-3/h4-8,14,20H,9H2,1-3H3/t14-/m0/s1. The summed E-state index contributed by atoms with van der Waals surface area (Å²) in [7, 11) is 1.54. The van der Waals surface area contributed by atoms with E-state index in [1.54, 1.807) is 14.0 Å². The number of hydrogen-bond acceptors (Lipinski definition) is 4. The molecule has 1 aliphatic heterocycles. The van der Waals surface area contributed by atoms with E-state index in [0.717, 1.165) is 11.1 Å². The van der Waals surface area contributed by atoms with Crippen LogP contribution in [0.1, 0.15) is 39.6 Å². The van der Waals surface area contributed by atoms with Gasteiger partial charge in [-0.15, -0.1) is 0 Å². The third-order valence-electron chi connectivity index (χ3n) is 4.13. The summed E-state index contributed by atoms with van der Waals surface area (Å²) < 4.78 is 11.4. The fraction of sp³-hybridized carbons (Fsp3) is 0.278. The van der Waals surface area contributed by atoms with Gasteiger partial charge in [-0.25, -0.2) is 0 Å². The van der Waals surface area contributed by atoms with Crippen LogP contribution in [0.2, 0.25) is 0 Å². The third kappa shape index (κ3) is 2.11. The Kier molecular flexibility index (Phi) is 3.53. The van der Waals surface area contributed by atoms with Gasteiger partial charge in [0, 0.05) is 11.1 Å². The van der Waals surface area contributed by atoms with Gasteiger partial charge in [0.2, 0.25) is 0 Å². The Hall–Kier alpha value is -2.49. The number of phenols is 1. The van der Waals surface area contributed by atoms with Gasteiger partial charge in [-0.1, -0.05) is 30.3 Å². The molecule has 2 aromatic rings. The summed E-state index contributed by atoms with van der Waals surface area (Å²) >= 11 is 0. The molecule has 2 aromatic carbocycles. The summed E-state index contributed by atoms with van der Waals surface area (Å²) in [5.41, 5.74) is 2.51. The van der Waals surface area contributed by atoms with Crippen LogP contribution in [-0.2, 0) is 0 Å². The van der Waals surface area contributed by atoms with Crippen molar-refractivity contribution in [3.63, 3.8) is 0 Å². The van der Waals surface area contributed by atoms with Gasteiger partial charge in [-0.05, 0) is 19.4 Å². The maximum atomic E-state index is 12.5. The highest BCUT2D eigenvalue weighted by atomic mass is 16.5. The van der Waals surface area contributed by atoms with Crippen molar-refractivity contribution in [3.8, 4) is 17.2 Å². The quantitative estimate of drug-likeness (QED) is 0.918. The van der Waals surface area contributed by atoms with Crippen LogP contribution >= 0.6 is 0 Å². The van der Waals surface area contributed by atoms with Crippen LogP contribution in [0.4, 0.5) is 0 Å². The summed E-state index contributed by atoms with van der Waals surface area (Å²) in [6.45, 7) is 3.57. The molecule has 0 saturated heterocycles. The van der Waals surface area contributed by atoms with Gasteiger partial charge in [0.05, 0.1) is 13.5 Å². The predicted molar refractivity (Wildman–Crippen MR) is 82.9 cm³/mol. The minimum absolute atomic E-state index is 0.0473. The lowest BCUT2D eigenvalue weighted by Crippen LogP contribution is -2.22. The number of ether oxygens (including phenoxy) is 2. The highest BCUT2D eigenvalue weighted by Crippen LogP contribution is 2.47. The first-order chi connectivity index (χ1) is 10.5. The number of carbonyl (C=O) groups is 1. The van der Waals surface area contributed by atoms with Gasteiger partial charge in [0.1, 0.15) is 28.9 Å². The molecule has 0 spiro atoms. The van der Waals surface area contributed by atoms with Crippen LogP contribution < -0.4 is 9.47 Å². The van der Waals surface area contributed by atoms with E-state index in [-0.39, 0.29) is 29.6 Å². The number of aromatic hydroxyl groups is 1. The van der Waals surface area contributed by atoms with Crippen molar-refractivity contribution in [2.24, 2.45) is 0 Å². The van der Waals surface area contributed by atoms with E-state index in [0.29, 0.717) is 17.1 Å². The van der Waals surface area contributed by atoms with Gasteiger partial charge in [0.25, 0.3) is 0 Å². The second-order valence-electron chi connectivity index (χ2n) is 5.48. The average molecular weight is 298 g/mol. The fourth-order valence-electron chi connectivity index (χ4n) is 2.99. The Morgan fingerprint density at radius 2 is 1.86 bits per heavy atom. The summed E-state index contributed by atoms with van der Waals surface area (Å²) in [5.74, 6) is 0.818. The molecule has 22 heavy (non-hydrogen) atoms. The Balaban J connectivity index is 2.14. The molecule has 1 N–H and O–H groups in total. The van der Waals surface area contributed by atoms with Gasteiger partial charge >= 0.3 is 0 Å². The van der Waals surface area contributed by atoms with Crippen LogP contribution in [0.5, 0.6) is 17.2 Å². The molecule has 0 amide bonds. The molecule has 0 fully saturated rings. The van der Waals surface area contributed by atoms with Crippen molar-refractivity contribution in [2.45, 2.75) is 26.4 Å². The lowest BCUT2D eigenvalue weighted by molar-refractivity contribution is 0.0842. The van der Waals surface area contributed by atoms with E-state index < -0.39 is 0 Å². The molecule has 4 nitrogen and oxygen atoms in total. The van der Waals surface area contributed by atoms with Crippen molar-refractivity contribution in [1.82, 2.24) is 0 Å². The minimum Gasteiger partial charge on any atom is -0.507 e. The van der Waals surface area contributed by atoms with Crippen molar-refractivity contribution >= 4 is 5.78 Å². The first-order valence-electron chi connectivity index (χ1n) is 7.19. The molecule has 4 heteroatoms. The van der Waals surface area contributed by atoms with Gasteiger partial charge in [0.15, 0.2) is 5.78 Å². The molecule has 0 unspecified atom stereocenters. The van der Waals surface area contributed by atoms with Crippen molar-refractivity contribution in [1.29, 1.82) is 0 Å². The van der Waals surface area contributed by atoms with Crippen molar-refractivity contribution < 1.29 is 19.4 Å². The summed E-state index contributed by atoms with van der Waals surface area (Å²) in [6, 6.07) is 9.62. The predicted octanol–water partition coefficient (Wildman–Crippen LogP) is 3.72. The lowest BCUT2D eigenvalue weighted by atomic mass is 9.92. The topological polar surface area (TPSA) is 55.8 Å². The smallest absolute Gasteiger partial charge is 0.174 e. The molecule has 0 radical (unpaired) electrons. The largest absolute Gasteiger partial charge is 0.507 e. The molecule has 0 aliphatic carbocycles. The fourth-order valence-corrected chi connectivity index (χ4v) is 2.99. The number of methoxy groups -OCH3 is 1. The van der Waals surface area contributed by atoms with Crippen LogP contribution in [-0.4, -0.2) is 18.0 Å². The first-order valence-corrected chi connectivity index (χ1v) is 7.19. The SMILES string of the molecule is COc1c(C)c(O)c2c(c1C)O[C@H](c1ccccc1)CC2=O. The number of rotatable bonds is 2. The molecular formula is C18H18O4. The molecular weight excluding hydrogens is 280 g/mol. The summed E-state index contributed by atoms with van der Waals surface area (Å²) in [5, 5.41) is 10.3. The molecule has 0 bridgehead atoms. The highest BCUT2D eigenvalue weighted by Gasteiger charge is 2.34. The Labute approximate surface area is 129 Å². The number of phenolic OH excluding ortho intramolecular Hbond substituents is 1. The van der Waals surface area contributed by atoms with Crippen molar-refractivity contribution in [2.75, 3.05) is 7.11 Å². The zero-order valence-corrected chi connectivity index (χ0v) is 12.8. The Morgan fingerprint density at radius 1 is 1.18 bits per heavy atom. The maximum absolute atomic E-state index is 12.5. The molecule has 1 aliphatic rings. The summed E-state index contributed by atoms with van der Waals surface area (Å²) in [4.78, 5) is 12.5. The van der Waals surface area contributed by atoms with E-state index in [9.17, 15) is 9.90 Å². The number of fused-ring (bicyclic) bond motifs is 1. The van der Waals surface area contributed by atoms with Crippen LogP contribution in [0.15, 0.2) is 30.3 Å². The molecule has 1 atom stereocenters. The average Bonchev–Trinajstić information content (AvgIpc) is 2.53. The number of Topliss-reactive ketones (excluding diaryl/α,β-unsaturated/α-hetero) is 1. The van der Waals surface area contributed by atoms with Crippen LogP contribution in [0.25, 0.3) is 0 Å². The van der Waals surface area contributed by atoms with Gasteiger partial charge in [-0.2, -0.15) is 0 Å². The van der Waals surface area contributed by atoms with E-state index in [1.165, 1.54) is 0 Å². The van der Waals surface area contributed by atoms with E-state index >= 15 is 0 Å². The number of benzene rings is 2. The maximum Gasteiger partial charge on any atom is 0.174 e. The van der Waals surface area contributed by atoms with E-state index in [1.807, 2.05) is 37.3 Å². The van der Waals surface area contributed by atoms with Crippen molar-refractivity contribution in [3.05, 3.63) is 52.6 Å². The third-order valence-corrected chi connectivity index (χ3v) is 4.13. The normalized spacial score (nSPS) is 16.9. The zero-order valence-electron chi connectivity index (χ0n) is 12.8. The molecule has 3 rings (SSSR count). The molecule has 114 valence electrons. The lowest BCUT2D eigenvalue weighted by Gasteiger charge is -2.29. The monoisotopic (exact) mass is 298 g/mol. The molecule has 0 aromatic heterocycles. The first kappa shape index (κ1) is 14.4. The van der Waals surface area contributed by atoms with E-state index in [4.69, 9.17) is 9.47 Å². The highest BCUT2D eigenvalue weighted by molar-refractivity contribution is 6.03. The van der Waals surface area contributed by atoms with E-state index in [2.05, 4.69) is 0 Å². The zero-order chi connectivity index (χ0) is 15.9. The summed E-state index contributed by atoms with van der Waals surface area (Å²) in [6.07, 6.45) is -0.123. The van der Waals surface area contributed by atoms with Crippen LogP contribution in [0, 0.1) is 13.8 Å². The molecule has 1 heterocycles. The molecule has 0 saturated carbocycles. The number of carbonyl (C=O) groups excluding carboxylic acids is 1. The second kappa shape index (κ2) is 5.37. The van der Waals surface area contributed by atoms with Crippen LogP contribution in [0.3, 0.4) is 0 Å². The minimum atomic E-state index is -0.341.